The van der Waals surface area contributed by atoms with Crippen LogP contribution < -0.4 is 10.6 Å². The van der Waals surface area contributed by atoms with Crippen molar-refractivity contribution in [3.8, 4) is 0 Å². The molecule has 1 fully saturated rings. The number of hydrogen-bond acceptors (Lipinski definition) is 5. The van der Waals surface area contributed by atoms with Gasteiger partial charge in [0.05, 0.1) is 0 Å². The van der Waals surface area contributed by atoms with Gasteiger partial charge in [0.1, 0.15) is 6.04 Å². The summed E-state index contributed by atoms with van der Waals surface area (Å²) in [6.07, 6.45) is 2.86. The molecular weight excluding hydrogens is 328 g/mol. The lowest BCUT2D eigenvalue weighted by Crippen LogP contribution is -2.34. The molecule has 0 bridgehead atoms. The van der Waals surface area contributed by atoms with Gasteiger partial charge in [-0.1, -0.05) is 32.9 Å². The second-order valence-electron chi connectivity index (χ2n) is 7.76. The summed E-state index contributed by atoms with van der Waals surface area (Å²) >= 11 is 0. The van der Waals surface area contributed by atoms with E-state index in [9.17, 15) is 4.79 Å². The molecule has 0 spiro atoms. The van der Waals surface area contributed by atoms with Crippen LogP contribution in [0.15, 0.2) is 4.52 Å². The second-order valence-corrected chi connectivity index (χ2v) is 7.76. The van der Waals surface area contributed by atoms with E-state index in [1.54, 1.807) is 0 Å². The molecule has 1 aliphatic heterocycles. The van der Waals surface area contributed by atoms with Crippen molar-refractivity contribution in [2.75, 3.05) is 13.1 Å². The molecular formula is C17H31ClN4O2. The maximum atomic E-state index is 12.3. The Labute approximate surface area is 150 Å². The molecule has 0 saturated carbocycles. The lowest BCUT2D eigenvalue weighted by Gasteiger charge is -2.28. The van der Waals surface area contributed by atoms with Gasteiger partial charge in [-0.05, 0) is 44.7 Å². The Kier molecular flexibility index (Phi) is 7.67. The molecule has 2 heterocycles. The molecule has 2 atom stereocenters. The van der Waals surface area contributed by atoms with Gasteiger partial charge in [0.2, 0.25) is 11.8 Å². The number of piperidine rings is 1. The first kappa shape index (κ1) is 20.9. The molecule has 24 heavy (non-hydrogen) atoms. The number of carbonyl (C=O) groups is 1. The number of nitrogens with zero attached hydrogens (tertiary/aromatic N) is 2. The maximum absolute atomic E-state index is 12.3. The van der Waals surface area contributed by atoms with Crippen LogP contribution >= 0.6 is 12.4 Å². The number of rotatable bonds is 5. The van der Waals surface area contributed by atoms with Crippen LogP contribution in [0.4, 0.5) is 0 Å². The number of carbonyl (C=O) groups excluding carboxylic acids is 1. The molecule has 2 rings (SSSR count). The fraction of sp³-hybridized carbons (Fsp3) is 0.824. The van der Waals surface area contributed by atoms with E-state index in [2.05, 4.69) is 27.7 Å². The second kappa shape index (κ2) is 8.81. The van der Waals surface area contributed by atoms with Crippen LogP contribution in [0, 0.1) is 11.8 Å². The molecule has 1 saturated heterocycles. The third-order valence-electron chi connectivity index (χ3n) is 4.56. The van der Waals surface area contributed by atoms with Gasteiger partial charge in [0, 0.05) is 11.8 Å². The summed E-state index contributed by atoms with van der Waals surface area (Å²) in [7, 11) is 0. The van der Waals surface area contributed by atoms with E-state index in [-0.39, 0.29) is 29.8 Å². The van der Waals surface area contributed by atoms with E-state index >= 15 is 0 Å². The van der Waals surface area contributed by atoms with Crippen LogP contribution in [0.25, 0.3) is 0 Å². The highest BCUT2D eigenvalue weighted by molar-refractivity contribution is 5.85. The normalized spacial score (nSPS) is 18.5. The quantitative estimate of drug-likeness (QED) is 0.845. The van der Waals surface area contributed by atoms with Crippen LogP contribution in [-0.2, 0) is 10.2 Å². The van der Waals surface area contributed by atoms with Crippen LogP contribution in [0.2, 0.25) is 0 Å². The van der Waals surface area contributed by atoms with Gasteiger partial charge < -0.3 is 15.2 Å². The molecule has 2 unspecified atom stereocenters. The summed E-state index contributed by atoms with van der Waals surface area (Å²) in [5, 5.41) is 10.3. The monoisotopic (exact) mass is 358 g/mol. The highest BCUT2D eigenvalue weighted by Crippen LogP contribution is 2.25. The van der Waals surface area contributed by atoms with Gasteiger partial charge in [-0.2, -0.15) is 4.98 Å². The highest BCUT2D eigenvalue weighted by atomic mass is 35.5. The first-order valence-corrected chi connectivity index (χ1v) is 8.61. The Morgan fingerprint density at radius 1 is 1.33 bits per heavy atom. The van der Waals surface area contributed by atoms with Gasteiger partial charge in [0.25, 0.3) is 0 Å². The molecule has 138 valence electrons. The van der Waals surface area contributed by atoms with Gasteiger partial charge in [-0.3, -0.25) is 4.79 Å². The zero-order valence-corrected chi connectivity index (χ0v) is 16.2. The van der Waals surface area contributed by atoms with Crippen LogP contribution in [0.5, 0.6) is 0 Å². The molecule has 1 aliphatic rings. The van der Waals surface area contributed by atoms with Crippen molar-refractivity contribution in [3.05, 3.63) is 11.7 Å². The number of halogens is 1. The Morgan fingerprint density at radius 3 is 2.50 bits per heavy atom. The molecule has 1 aromatic rings. The first-order valence-electron chi connectivity index (χ1n) is 8.61. The van der Waals surface area contributed by atoms with Crippen LogP contribution in [0.1, 0.15) is 71.6 Å². The largest absolute Gasteiger partial charge is 0.345 e. The summed E-state index contributed by atoms with van der Waals surface area (Å²) in [6.45, 7) is 12.3. The molecule has 0 aromatic carbocycles. The van der Waals surface area contributed by atoms with E-state index in [1.807, 2.05) is 27.7 Å². The lowest BCUT2D eigenvalue weighted by atomic mass is 9.84. The fourth-order valence-corrected chi connectivity index (χ4v) is 2.95. The van der Waals surface area contributed by atoms with Crippen molar-refractivity contribution in [1.82, 2.24) is 20.8 Å². The average molecular weight is 359 g/mol. The smallest absolute Gasteiger partial charge is 0.248 e. The summed E-state index contributed by atoms with van der Waals surface area (Å²) in [6, 6.07) is -0.258. The molecule has 0 aliphatic carbocycles. The van der Waals surface area contributed by atoms with Crippen molar-refractivity contribution < 1.29 is 9.32 Å². The summed E-state index contributed by atoms with van der Waals surface area (Å²) in [5.74, 6) is 2.22. The number of amides is 1. The molecule has 1 aromatic heterocycles. The van der Waals surface area contributed by atoms with E-state index in [1.165, 1.54) is 0 Å². The van der Waals surface area contributed by atoms with E-state index < -0.39 is 0 Å². The highest BCUT2D eigenvalue weighted by Gasteiger charge is 2.25. The van der Waals surface area contributed by atoms with Crippen molar-refractivity contribution >= 4 is 18.3 Å². The van der Waals surface area contributed by atoms with Gasteiger partial charge >= 0.3 is 0 Å². The van der Waals surface area contributed by atoms with E-state index in [0.717, 1.165) is 25.9 Å². The molecule has 1 amide bonds. The summed E-state index contributed by atoms with van der Waals surface area (Å²) < 4.78 is 5.29. The standard InChI is InChI=1S/C17H30N4O2.ClH/c1-11(13-6-8-18-9-7-13)10-14(22)19-12(2)15-20-16(21-23-15)17(3,4)5;/h11-13,18H,6-10H2,1-5H3,(H,19,22);1H. The Bertz CT molecular complexity index is 521. The third kappa shape index (κ3) is 5.74. The molecule has 6 nitrogen and oxygen atoms in total. The third-order valence-corrected chi connectivity index (χ3v) is 4.56. The SMILES string of the molecule is CC(NC(=O)CC(C)C1CCNCC1)c1nc(C(C)(C)C)no1.Cl. The summed E-state index contributed by atoms with van der Waals surface area (Å²) in [5.41, 5.74) is -0.158. The number of hydrogen-bond donors (Lipinski definition) is 2. The Balaban J connectivity index is 0.00000288. The minimum atomic E-state index is -0.258. The number of nitrogens with one attached hydrogen (secondary N) is 2. The Morgan fingerprint density at radius 2 is 1.96 bits per heavy atom. The van der Waals surface area contributed by atoms with Gasteiger partial charge in [-0.15, -0.1) is 12.4 Å². The zero-order chi connectivity index (χ0) is 17.0. The van der Waals surface area contributed by atoms with Crippen molar-refractivity contribution in [2.45, 2.75) is 65.3 Å². The van der Waals surface area contributed by atoms with E-state index in [0.29, 0.717) is 30.0 Å². The lowest BCUT2D eigenvalue weighted by molar-refractivity contribution is -0.123. The molecule has 7 heteroatoms. The molecule has 0 radical (unpaired) electrons. The van der Waals surface area contributed by atoms with Gasteiger partial charge in [-0.25, -0.2) is 0 Å². The predicted octanol–water partition coefficient (Wildman–Crippen LogP) is 2.99. The maximum Gasteiger partial charge on any atom is 0.248 e. The van der Waals surface area contributed by atoms with Crippen molar-refractivity contribution in [2.24, 2.45) is 11.8 Å². The summed E-state index contributed by atoms with van der Waals surface area (Å²) in [4.78, 5) is 16.7. The van der Waals surface area contributed by atoms with Crippen LogP contribution in [0.3, 0.4) is 0 Å². The first-order chi connectivity index (χ1) is 10.8. The van der Waals surface area contributed by atoms with Crippen molar-refractivity contribution in [1.29, 1.82) is 0 Å². The van der Waals surface area contributed by atoms with Crippen LogP contribution in [-0.4, -0.2) is 29.1 Å². The zero-order valence-electron chi connectivity index (χ0n) is 15.4. The predicted molar refractivity (Wildman–Crippen MR) is 96.2 cm³/mol. The van der Waals surface area contributed by atoms with E-state index in [4.69, 9.17) is 4.52 Å². The minimum absolute atomic E-state index is 0. The number of aromatic nitrogens is 2. The van der Waals surface area contributed by atoms with Crippen molar-refractivity contribution in [3.63, 3.8) is 0 Å². The minimum Gasteiger partial charge on any atom is -0.345 e. The molecule has 2 N–H and O–H groups in total. The average Bonchev–Trinajstić information content (AvgIpc) is 2.98. The fourth-order valence-electron chi connectivity index (χ4n) is 2.95. The Hall–Kier alpha value is -1.14. The van der Waals surface area contributed by atoms with Gasteiger partial charge in [0.15, 0.2) is 5.82 Å². The topological polar surface area (TPSA) is 80.0 Å².